The Morgan fingerprint density at radius 2 is 2.38 bits per heavy atom. The molecule has 1 aliphatic rings. The Hall–Kier alpha value is -0.580. The minimum Gasteiger partial charge on any atom is -0.366 e. The summed E-state index contributed by atoms with van der Waals surface area (Å²) >= 11 is 5.46. The minimum atomic E-state index is -0.159. The van der Waals surface area contributed by atoms with Crippen molar-refractivity contribution < 1.29 is 9.53 Å². The van der Waals surface area contributed by atoms with Gasteiger partial charge in [0.1, 0.15) is 6.61 Å². The summed E-state index contributed by atoms with van der Waals surface area (Å²) in [7, 11) is 0. The van der Waals surface area contributed by atoms with Gasteiger partial charge in [-0.2, -0.15) is 0 Å². The second-order valence-corrected chi connectivity index (χ2v) is 3.42. The highest BCUT2D eigenvalue weighted by Gasteiger charge is 2.17. The maximum Gasteiger partial charge on any atom is 0.246 e. The van der Waals surface area contributed by atoms with E-state index in [0.717, 1.165) is 13.1 Å². The van der Waals surface area contributed by atoms with Gasteiger partial charge in [-0.1, -0.05) is 18.2 Å². The molecule has 0 aromatic rings. The maximum atomic E-state index is 11.0. The van der Waals surface area contributed by atoms with E-state index >= 15 is 0 Å². The smallest absolute Gasteiger partial charge is 0.246 e. The number of carbonyl (C=O) groups is 1. The average Bonchev–Trinajstić information content (AvgIpc) is 1.98. The Bertz CT molecular complexity index is 204. The highest BCUT2D eigenvalue weighted by molar-refractivity contribution is 6.29. The zero-order valence-corrected chi connectivity index (χ0v) is 8.06. The molecule has 4 nitrogen and oxygen atoms in total. The Balaban J connectivity index is 2.00. The zero-order chi connectivity index (χ0) is 9.68. The van der Waals surface area contributed by atoms with Crippen LogP contribution in [0.5, 0.6) is 0 Å². The normalized spacial score (nSPS) is 16.4. The third-order valence-corrected chi connectivity index (χ3v) is 1.81. The van der Waals surface area contributed by atoms with Gasteiger partial charge in [0.15, 0.2) is 0 Å². The van der Waals surface area contributed by atoms with E-state index in [1.54, 1.807) is 0 Å². The Kier molecular flexibility index (Phi) is 4.21. The van der Waals surface area contributed by atoms with Crippen LogP contribution in [0.3, 0.4) is 0 Å². The van der Waals surface area contributed by atoms with Crippen molar-refractivity contribution in [1.82, 2.24) is 10.6 Å². The number of halogens is 1. The molecule has 0 aromatic heterocycles. The van der Waals surface area contributed by atoms with Crippen LogP contribution in [0.1, 0.15) is 0 Å². The number of amides is 1. The molecule has 1 fully saturated rings. The lowest BCUT2D eigenvalue weighted by Crippen LogP contribution is -2.49. The molecular formula is C8H13ClN2O2. The van der Waals surface area contributed by atoms with Gasteiger partial charge >= 0.3 is 0 Å². The van der Waals surface area contributed by atoms with E-state index in [1.165, 1.54) is 0 Å². The first-order valence-corrected chi connectivity index (χ1v) is 4.48. The first-order valence-electron chi connectivity index (χ1n) is 4.11. The molecule has 0 saturated carbocycles. The molecule has 74 valence electrons. The monoisotopic (exact) mass is 204 g/mol. The molecule has 0 aromatic carbocycles. The van der Waals surface area contributed by atoms with Crippen LogP contribution < -0.4 is 10.6 Å². The lowest BCUT2D eigenvalue weighted by Gasteiger charge is -2.26. The molecule has 1 saturated heterocycles. The van der Waals surface area contributed by atoms with Gasteiger partial charge in [0, 0.05) is 18.1 Å². The second-order valence-electron chi connectivity index (χ2n) is 2.89. The summed E-state index contributed by atoms with van der Waals surface area (Å²) in [6.07, 6.45) is 0.185. The highest BCUT2D eigenvalue weighted by Crippen LogP contribution is 1.97. The molecule has 1 heterocycles. The van der Waals surface area contributed by atoms with E-state index in [1.807, 2.05) is 0 Å². The van der Waals surface area contributed by atoms with Gasteiger partial charge in [0.2, 0.25) is 5.91 Å². The van der Waals surface area contributed by atoms with Crippen molar-refractivity contribution in [2.75, 3.05) is 26.2 Å². The van der Waals surface area contributed by atoms with Crippen LogP contribution in [0.15, 0.2) is 11.6 Å². The van der Waals surface area contributed by atoms with Crippen LogP contribution in [0.4, 0.5) is 0 Å². The van der Waals surface area contributed by atoms with Gasteiger partial charge in [0.05, 0.1) is 12.6 Å². The lowest BCUT2D eigenvalue weighted by atomic mass is 10.2. The molecule has 0 aliphatic carbocycles. The SMILES string of the molecule is C=C(Cl)CNC(=O)COC1CNC1. The number of hydrogen-bond acceptors (Lipinski definition) is 3. The summed E-state index contributed by atoms with van der Waals surface area (Å²) in [5.41, 5.74) is 0. The largest absolute Gasteiger partial charge is 0.366 e. The van der Waals surface area contributed by atoms with E-state index in [4.69, 9.17) is 16.3 Å². The van der Waals surface area contributed by atoms with Crippen LogP contribution in [-0.2, 0) is 9.53 Å². The Labute approximate surface area is 82.3 Å². The van der Waals surface area contributed by atoms with Crippen LogP contribution in [-0.4, -0.2) is 38.3 Å². The summed E-state index contributed by atoms with van der Waals surface area (Å²) in [4.78, 5) is 11.0. The maximum absolute atomic E-state index is 11.0. The quantitative estimate of drug-likeness (QED) is 0.655. The fourth-order valence-corrected chi connectivity index (χ4v) is 0.886. The van der Waals surface area contributed by atoms with Crippen molar-refractivity contribution in [2.24, 2.45) is 0 Å². The third-order valence-electron chi connectivity index (χ3n) is 1.67. The topological polar surface area (TPSA) is 50.4 Å². The number of rotatable bonds is 5. The molecule has 0 bridgehead atoms. The van der Waals surface area contributed by atoms with E-state index in [-0.39, 0.29) is 18.6 Å². The lowest BCUT2D eigenvalue weighted by molar-refractivity contribution is -0.128. The molecular weight excluding hydrogens is 192 g/mol. The fraction of sp³-hybridized carbons (Fsp3) is 0.625. The first-order chi connectivity index (χ1) is 6.18. The average molecular weight is 205 g/mol. The minimum absolute atomic E-state index is 0.0938. The van der Waals surface area contributed by atoms with Crippen molar-refractivity contribution in [1.29, 1.82) is 0 Å². The summed E-state index contributed by atoms with van der Waals surface area (Å²) < 4.78 is 5.22. The Morgan fingerprint density at radius 1 is 1.69 bits per heavy atom. The predicted molar refractivity (Wildman–Crippen MR) is 50.6 cm³/mol. The highest BCUT2D eigenvalue weighted by atomic mass is 35.5. The summed E-state index contributed by atoms with van der Waals surface area (Å²) in [5.74, 6) is -0.159. The molecule has 0 atom stereocenters. The van der Waals surface area contributed by atoms with Gasteiger partial charge in [-0.05, 0) is 0 Å². The molecule has 2 N–H and O–H groups in total. The number of carbonyl (C=O) groups excluding carboxylic acids is 1. The standard InChI is InChI=1S/C8H13ClN2O2/c1-6(9)2-11-8(12)5-13-7-3-10-4-7/h7,10H,1-5H2,(H,11,12). The molecule has 0 radical (unpaired) electrons. The van der Waals surface area contributed by atoms with Crippen molar-refractivity contribution in [3.63, 3.8) is 0 Å². The van der Waals surface area contributed by atoms with Crippen molar-refractivity contribution in [3.05, 3.63) is 11.6 Å². The summed E-state index contributed by atoms with van der Waals surface area (Å²) in [6.45, 7) is 5.50. The van der Waals surface area contributed by atoms with Gasteiger partial charge in [0.25, 0.3) is 0 Å². The molecule has 1 rings (SSSR count). The number of ether oxygens (including phenoxy) is 1. The van der Waals surface area contributed by atoms with Crippen molar-refractivity contribution in [2.45, 2.75) is 6.10 Å². The molecule has 13 heavy (non-hydrogen) atoms. The van der Waals surface area contributed by atoms with Gasteiger partial charge < -0.3 is 15.4 Å². The number of nitrogens with one attached hydrogen (secondary N) is 2. The summed E-state index contributed by atoms with van der Waals surface area (Å²) in [5, 5.41) is 6.03. The summed E-state index contributed by atoms with van der Waals surface area (Å²) in [6, 6.07) is 0. The molecule has 5 heteroatoms. The second kappa shape index (κ2) is 5.21. The zero-order valence-electron chi connectivity index (χ0n) is 7.31. The van der Waals surface area contributed by atoms with E-state index < -0.39 is 0 Å². The van der Waals surface area contributed by atoms with Crippen LogP contribution >= 0.6 is 11.6 Å². The van der Waals surface area contributed by atoms with Crippen LogP contribution in [0, 0.1) is 0 Å². The number of hydrogen-bond donors (Lipinski definition) is 2. The van der Waals surface area contributed by atoms with Crippen molar-refractivity contribution >= 4 is 17.5 Å². The van der Waals surface area contributed by atoms with Crippen LogP contribution in [0.25, 0.3) is 0 Å². The molecule has 1 amide bonds. The third kappa shape index (κ3) is 4.26. The van der Waals surface area contributed by atoms with Gasteiger partial charge in [-0.25, -0.2) is 0 Å². The van der Waals surface area contributed by atoms with Crippen molar-refractivity contribution in [3.8, 4) is 0 Å². The molecule has 1 aliphatic heterocycles. The Morgan fingerprint density at radius 3 is 2.85 bits per heavy atom. The van der Waals surface area contributed by atoms with E-state index in [0.29, 0.717) is 11.6 Å². The van der Waals surface area contributed by atoms with E-state index in [2.05, 4.69) is 17.2 Å². The predicted octanol–water partition coefficient (Wildman–Crippen LogP) is -0.157. The van der Waals surface area contributed by atoms with Gasteiger partial charge in [-0.3, -0.25) is 4.79 Å². The molecule has 0 spiro atoms. The first kappa shape index (κ1) is 10.5. The molecule has 0 unspecified atom stereocenters. The fourth-order valence-electron chi connectivity index (χ4n) is 0.819. The van der Waals surface area contributed by atoms with E-state index in [9.17, 15) is 4.79 Å². The van der Waals surface area contributed by atoms with Gasteiger partial charge in [-0.15, -0.1) is 0 Å². The van der Waals surface area contributed by atoms with Crippen LogP contribution in [0.2, 0.25) is 0 Å².